The summed E-state index contributed by atoms with van der Waals surface area (Å²) in [6.45, 7) is 6.53. The molecule has 0 saturated carbocycles. The summed E-state index contributed by atoms with van der Waals surface area (Å²) in [5.41, 5.74) is 3.48. The fourth-order valence-corrected chi connectivity index (χ4v) is 4.76. The molecule has 1 fully saturated rings. The topological polar surface area (TPSA) is 147 Å². The van der Waals surface area contributed by atoms with Gasteiger partial charge in [0.1, 0.15) is 23.9 Å². The van der Waals surface area contributed by atoms with E-state index in [0.717, 1.165) is 30.2 Å². The minimum absolute atomic E-state index is 0.105. The van der Waals surface area contributed by atoms with Gasteiger partial charge in [-0.05, 0) is 36.6 Å². The molecule has 1 atom stereocenters. The minimum atomic E-state index is -0.737. The largest absolute Gasteiger partial charge is 0.486 e. The minimum Gasteiger partial charge on any atom is -0.486 e. The summed E-state index contributed by atoms with van der Waals surface area (Å²) in [4.78, 5) is 30.2. The van der Waals surface area contributed by atoms with Gasteiger partial charge in [-0.15, -0.1) is 0 Å². The number of aliphatic hydroxyl groups is 1. The van der Waals surface area contributed by atoms with Crippen molar-refractivity contribution in [1.82, 2.24) is 25.2 Å². The van der Waals surface area contributed by atoms with Gasteiger partial charge in [0, 0.05) is 52.9 Å². The molecule has 3 aromatic rings. The highest BCUT2D eigenvalue weighted by molar-refractivity contribution is 5.93. The van der Waals surface area contributed by atoms with E-state index >= 15 is 0 Å². The summed E-state index contributed by atoms with van der Waals surface area (Å²) in [5.74, 6) is 2.10. The van der Waals surface area contributed by atoms with E-state index in [1.165, 1.54) is 17.5 Å². The molecule has 226 valence electrons. The van der Waals surface area contributed by atoms with Crippen LogP contribution in [0.15, 0.2) is 35.1 Å². The van der Waals surface area contributed by atoms with Gasteiger partial charge < -0.3 is 39.3 Å². The molecule has 2 aliphatic rings. The molecule has 0 aliphatic carbocycles. The normalized spacial score (nSPS) is 15.9. The third-order valence-corrected chi connectivity index (χ3v) is 7.36. The molecule has 3 N–H and O–H groups in total. The van der Waals surface area contributed by atoms with Crippen LogP contribution in [-0.4, -0.2) is 103 Å². The Balaban J connectivity index is 1.12. The van der Waals surface area contributed by atoms with E-state index in [2.05, 4.69) is 42.6 Å². The average molecular weight is 582 g/mol. The number of benzene rings is 1. The van der Waals surface area contributed by atoms with Crippen molar-refractivity contribution in [2.45, 2.75) is 38.6 Å². The van der Waals surface area contributed by atoms with Gasteiger partial charge in [-0.25, -0.2) is 9.97 Å². The second kappa shape index (κ2) is 13.9. The third kappa shape index (κ3) is 7.73. The summed E-state index contributed by atoms with van der Waals surface area (Å²) >= 11 is 0. The SMILES string of the molecule is COCCN(C)c1nc(NC2COC2)cc(C(=O)NCC(O)CN2CCc3cc(OCc4ocnc4C)ccc3C2)n1. The van der Waals surface area contributed by atoms with Crippen molar-refractivity contribution in [3.05, 3.63) is 58.9 Å². The lowest BCUT2D eigenvalue weighted by Crippen LogP contribution is -2.42. The Labute approximate surface area is 245 Å². The Morgan fingerprint density at radius 1 is 1.26 bits per heavy atom. The fraction of sp³-hybridized carbons (Fsp3) is 0.517. The summed E-state index contributed by atoms with van der Waals surface area (Å²) in [6, 6.07) is 7.86. The van der Waals surface area contributed by atoms with Crippen LogP contribution in [0.25, 0.3) is 0 Å². The number of carbonyl (C=O) groups excluding carboxylic acids is 1. The summed E-state index contributed by atoms with van der Waals surface area (Å²) < 4.78 is 21.6. The standard InChI is InChI=1S/C29H39N7O6/c1-19-26(42-18-31-19)17-41-24-5-4-21-13-36(7-6-20(21)10-24)14-23(37)12-30-28(38)25-11-27(32-22-15-40-16-22)34-29(33-25)35(2)8-9-39-3/h4-5,10-11,18,22-23,37H,6-9,12-17H2,1-3H3,(H,30,38)(H,32,33,34). The lowest BCUT2D eigenvalue weighted by atomic mass is 9.99. The number of hydrogen-bond acceptors (Lipinski definition) is 12. The van der Waals surface area contributed by atoms with Crippen LogP contribution in [-0.2, 0) is 29.0 Å². The molecule has 1 unspecified atom stereocenters. The number of rotatable bonds is 14. The maximum absolute atomic E-state index is 13.1. The molecule has 0 bridgehead atoms. The van der Waals surface area contributed by atoms with Crippen LogP contribution >= 0.6 is 0 Å². The van der Waals surface area contributed by atoms with Gasteiger partial charge in [-0.2, -0.15) is 4.98 Å². The summed E-state index contributed by atoms with van der Waals surface area (Å²) in [6.07, 6.45) is 1.53. The lowest BCUT2D eigenvalue weighted by molar-refractivity contribution is 0.0209. The average Bonchev–Trinajstić information content (AvgIpc) is 3.39. The number of hydrogen-bond donors (Lipinski definition) is 3. The highest BCUT2D eigenvalue weighted by Gasteiger charge is 2.23. The first-order valence-electron chi connectivity index (χ1n) is 14.1. The van der Waals surface area contributed by atoms with Crippen LogP contribution in [0.1, 0.15) is 33.1 Å². The molecule has 2 aliphatic heterocycles. The number of anilines is 2. The van der Waals surface area contributed by atoms with Crippen molar-refractivity contribution in [1.29, 1.82) is 0 Å². The molecule has 0 spiro atoms. The van der Waals surface area contributed by atoms with Crippen LogP contribution < -0.4 is 20.3 Å². The number of nitrogens with zero attached hydrogens (tertiary/aromatic N) is 5. The number of aliphatic hydroxyl groups excluding tert-OH is 1. The molecule has 4 heterocycles. The zero-order chi connectivity index (χ0) is 29.5. The van der Waals surface area contributed by atoms with Crippen LogP contribution in [0.4, 0.5) is 11.8 Å². The molecule has 42 heavy (non-hydrogen) atoms. The predicted octanol–water partition coefficient (Wildman–Crippen LogP) is 1.39. The van der Waals surface area contributed by atoms with Crippen LogP contribution in [0.3, 0.4) is 0 Å². The maximum Gasteiger partial charge on any atom is 0.270 e. The number of carbonyl (C=O) groups is 1. The number of β-amino-alcohol motifs (C(OH)–C–C–N with tert-alkyl or cyclic N) is 1. The Bertz CT molecular complexity index is 1350. The Morgan fingerprint density at radius 2 is 2.12 bits per heavy atom. The quantitative estimate of drug-likeness (QED) is 0.253. The molecule has 13 nitrogen and oxygen atoms in total. The third-order valence-electron chi connectivity index (χ3n) is 7.36. The highest BCUT2D eigenvalue weighted by atomic mass is 16.5. The first kappa shape index (κ1) is 29.7. The van der Waals surface area contributed by atoms with Crippen LogP contribution in [0.5, 0.6) is 5.75 Å². The summed E-state index contributed by atoms with van der Waals surface area (Å²) in [7, 11) is 3.48. The smallest absolute Gasteiger partial charge is 0.270 e. The number of amides is 1. The number of nitrogens with one attached hydrogen (secondary N) is 2. The van der Waals surface area contributed by atoms with Crippen LogP contribution in [0.2, 0.25) is 0 Å². The van der Waals surface area contributed by atoms with Gasteiger partial charge in [0.15, 0.2) is 12.2 Å². The van der Waals surface area contributed by atoms with Crippen molar-refractivity contribution in [2.24, 2.45) is 0 Å². The van der Waals surface area contributed by atoms with Crippen molar-refractivity contribution in [3.63, 3.8) is 0 Å². The molecular formula is C29H39N7O6. The van der Waals surface area contributed by atoms with Gasteiger partial charge in [-0.3, -0.25) is 9.69 Å². The number of oxazole rings is 1. The van der Waals surface area contributed by atoms with E-state index in [4.69, 9.17) is 18.6 Å². The number of aromatic nitrogens is 3. The second-order valence-electron chi connectivity index (χ2n) is 10.7. The number of fused-ring (bicyclic) bond motifs is 1. The zero-order valence-electron chi connectivity index (χ0n) is 24.3. The van der Waals surface area contributed by atoms with Gasteiger partial charge in [0.2, 0.25) is 5.95 Å². The first-order valence-corrected chi connectivity index (χ1v) is 14.1. The van der Waals surface area contributed by atoms with Crippen molar-refractivity contribution < 1.29 is 28.5 Å². The van der Waals surface area contributed by atoms with E-state index in [0.29, 0.717) is 57.8 Å². The highest BCUT2D eigenvalue weighted by Crippen LogP contribution is 2.25. The zero-order valence-corrected chi connectivity index (χ0v) is 24.3. The molecule has 5 rings (SSSR count). The van der Waals surface area contributed by atoms with Gasteiger partial charge in [0.25, 0.3) is 5.91 Å². The van der Waals surface area contributed by atoms with Crippen molar-refractivity contribution in [2.75, 3.05) is 70.4 Å². The molecule has 2 aromatic heterocycles. The van der Waals surface area contributed by atoms with E-state index < -0.39 is 6.10 Å². The molecule has 13 heteroatoms. The van der Waals surface area contributed by atoms with Crippen LogP contribution in [0, 0.1) is 6.92 Å². The Kier molecular flexibility index (Phi) is 9.85. The number of likely N-dealkylation sites (N-methyl/N-ethyl adjacent to an activating group) is 1. The molecule has 1 amide bonds. The van der Waals surface area contributed by atoms with Gasteiger partial charge >= 0.3 is 0 Å². The monoisotopic (exact) mass is 581 g/mol. The molecule has 1 saturated heterocycles. The Hall–Kier alpha value is -3.78. The lowest BCUT2D eigenvalue weighted by Gasteiger charge is -2.30. The van der Waals surface area contributed by atoms with E-state index in [9.17, 15) is 9.90 Å². The fourth-order valence-electron chi connectivity index (χ4n) is 4.76. The molecular weight excluding hydrogens is 542 g/mol. The van der Waals surface area contributed by atoms with E-state index in [-0.39, 0.29) is 24.2 Å². The first-order chi connectivity index (χ1) is 20.4. The van der Waals surface area contributed by atoms with Crippen molar-refractivity contribution in [3.8, 4) is 5.75 Å². The van der Waals surface area contributed by atoms with Crippen molar-refractivity contribution >= 4 is 17.7 Å². The maximum atomic E-state index is 13.1. The van der Waals surface area contributed by atoms with Gasteiger partial charge in [0.05, 0.1) is 37.7 Å². The molecule has 1 aromatic carbocycles. The van der Waals surface area contributed by atoms with E-state index in [1.54, 1.807) is 13.2 Å². The predicted molar refractivity (Wildman–Crippen MR) is 155 cm³/mol. The molecule has 0 radical (unpaired) electrons. The number of ether oxygens (including phenoxy) is 3. The van der Waals surface area contributed by atoms with Gasteiger partial charge in [-0.1, -0.05) is 6.07 Å². The second-order valence-corrected chi connectivity index (χ2v) is 10.7. The number of aryl methyl sites for hydroxylation is 1. The summed E-state index contributed by atoms with van der Waals surface area (Å²) in [5, 5.41) is 16.9. The number of methoxy groups -OCH3 is 1. The Morgan fingerprint density at radius 3 is 2.86 bits per heavy atom. The van der Waals surface area contributed by atoms with E-state index in [1.807, 2.05) is 24.9 Å².